The van der Waals surface area contributed by atoms with Crippen LogP contribution in [0.15, 0.2) is 30.3 Å². The molecule has 0 radical (unpaired) electrons. The van der Waals surface area contributed by atoms with Gasteiger partial charge in [0, 0.05) is 19.5 Å². The van der Waals surface area contributed by atoms with Crippen LogP contribution in [0.25, 0.3) is 0 Å². The van der Waals surface area contributed by atoms with E-state index < -0.39 is 12.1 Å². The summed E-state index contributed by atoms with van der Waals surface area (Å²) in [6.45, 7) is 4.60. The minimum atomic E-state index is -0.676. The van der Waals surface area contributed by atoms with Crippen molar-refractivity contribution in [2.75, 3.05) is 13.1 Å². The molecule has 0 spiro atoms. The number of nitrogens with one attached hydrogen (secondary N) is 1. The molecule has 1 aliphatic rings. The fourth-order valence-corrected chi connectivity index (χ4v) is 2.34. The van der Waals surface area contributed by atoms with Crippen LogP contribution in [0.4, 0.5) is 0 Å². The van der Waals surface area contributed by atoms with Gasteiger partial charge >= 0.3 is 0 Å². The van der Waals surface area contributed by atoms with Crippen molar-refractivity contribution in [1.29, 1.82) is 0 Å². The summed E-state index contributed by atoms with van der Waals surface area (Å²) < 4.78 is 0. The van der Waals surface area contributed by atoms with Crippen molar-refractivity contribution in [2.24, 2.45) is 5.92 Å². The fourth-order valence-electron chi connectivity index (χ4n) is 2.34. The smallest absolute Gasteiger partial charge is 0.249 e. The summed E-state index contributed by atoms with van der Waals surface area (Å²) in [5.41, 5.74) is 0.765. The zero-order valence-electron chi connectivity index (χ0n) is 12.5. The number of hydrogen-bond acceptors (Lipinski definition) is 3. The third kappa shape index (κ3) is 4.04. The topological polar surface area (TPSA) is 69.6 Å². The summed E-state index contributed by atoms with van der Waals surface area (Å²) in [4.78, 5) is 26.1. The second-order valence-corrected chi connectivity index (χ2v) is 5.91. The van der Waals surface area contributed by atoms with Gasteiger partial charge < -0.3 is 15.3 Å². The van der Waals surface area contributed by atoms with Crippen LogP contribution in [0.3, 0.4) is 0 Å². The molecule has 1 aromatic rings. The van der Waals surface area contributed by atoms with E-state index >= 15 is 0 Å². The van der Waals surface area contributed by atoms with Crippen molar-refractivity contribution < 1.29 is 14.7 Å². The number of carbonyl (C=O) groups excluding carboxylic acids is 2. The number of rotatable bonds is 5. The quantitative estimate of drug-likeness (QED) is 0.853. The monoisotopic (exact) mass is 290 g/mol. The van der Waals surface area contributed by atoms with Crippen LogP contribution >= 0.6 is 0 Å². The molecule has 1 aromatic carbocycles. The Morgan fingerprint density at radius 1 is 1.29 bits per heavy atom. The first kappa shape index (κ1) is 15.5. The highest BCUT2D eigenvalue weighted by atomic mass is 16.3. The van der Waals surface area contributed by atoms with Crippen molar-refractivity contribution in [3.8, 4) is 0 Å². The second-order valence-electron chi connectivity index (χ2n) is 5.91. The minimum Gasteiger partial charge on any atom is -0.389 e. The Balaban J connectivity index is 2.11. The molecule has 2 N–H and O–H groups in total. The van der Waals surface area contributed by atoms with E-state index in [1.807, 2.05) is 44.2 Å². The van der Waals surface area contributed by atoms with Crippen molar-refractivity contribution >= 4 is 11.8 Å². The lowest BCUT2D eigenvalue weighted by Crippen LogP contribution is -2.56. The molecule has 114 valence electrons. The molecule has 1 aliphatic heterocycles. The number of aliphatic hydroxyl groups is 1. The summed E-state index contributed by atoms with van der Waals surface area (Å²) in [6.07, 6.45) is -0.0593. The molecule has 1 unspecified atom stereocenters. The van der Waals surface area contributed by atoms with Crippen LogP contribution in [0.2, 0.25) is 0 Å². The number of nitrogens with zero attached hydrogens (tertiary/aromatic N) is 1. The molecule has 21 heavy (non-hydrogen) atoms. The van der Waals surface area contributed by atoms with E-state index in [4.69, 9.17) is 0 Å². The summed E-state index contributed by atoms with van der Waals surface area (Å²) in [6, 6.07) is 8.53. The summed E-state index contributed by atoms with van der Waals surface area (Å²) in [5, 5.41) is 12.2. The van der Waals surface area contributed by atoms with Crippen molar-refractivity contribution in [2.45, 2.75) is 32.4 Å². The van der Waals surface area contributed by atoms with E-state index in [-0.39, 0.29) is 17.7 Å². The van der Waals surface area contributed by atoms with Gasteiger partial charge in [-0.3, -0.25) is 9.59 Å². The molecule has 0 aromatic heterocycles. The van der Waals surface area contributed by atoms with Gasteiger partial charge in [-0.2, -0.15) is 0 Å². The highest BCUT2D eigenvalue weighted by molar-refractivity contribution is 5.89. The molecule has 1 atom stereocenters. The van der Waals surface area contributed by atoms with Crippen LogP contribution in [-0.2, 0) is 9.59 Å². The largest absolute Gasteiger partial charge is 0.389 e. The van der Waals surface area contributed by atoms with Gasteiger partial charge in [0.15, 0.2) is 0 Å². The third-order valence-electron chi connectivity index (χ3n) is 3.45. The maximum atomic E-state index is 12.5. The molecule has 0 saturated carbocycles. The van der Waals surface area contributed by atoms with Gasteiger partial charge in [0.2, 0.25) is 11.8 Å². The Morgan fingerprint density at radius 3 is 2.43 bits per heavy atom. The highest BCUT2D eigenvalue weighted by Gasteiger charge is 2.34. The fraction of sp³-hybridized carbons (Fsp3) is 0.500. The van der Waals surface area contributed by atoms with E-state index in [1.165, 1.54) is 0 Å². The van der Waals surface area contributed by atoms with Gasteiger partial charge in [0.1, 0.15) is 6.04 Å². The van der Waals surface area contributed by atoms with Crippen LogP contribution in [0, 0.1) is 5.92 Å². The first-order chi connectivity index (χ1) is 9.97. The number of amides is 2. The van der Waals surface area contributed by atoms with Crippen LogP contribution in [-0.4, -0.2) is 41.0 Å². The van der Waals surface area contributed by atoms with Crippen molar-refractivity contribution in [1.82, 2.24) is 10.2 Å². The van der Waals surface area contributed by atoms with Crippen LogP contribution < -0.4 is 5.32 Å². The summed E-state index contributed by atoms with van der Waals surface area (Å²) in [5.74, 6) is -0.0563. The van der Waals surface area contributed by atoms with Crippen LogP contribution in [0.1, 0.15) is 31.9 Å². The van der Waals surface area contributed by atoms with E-state index in [1.54, 1.807) is 4.90 Å². The first-order valence-electron chi connectivity index (χ1n) is 7.28. The predicted molar refractivity (Wildman–Crippen MR) is 79.4 cm³/mol. The first-order valence-corrected chi connectivity index (χ1v) is 7.28. The van der Waals surface area contributed by atoms with E-state index in [2.05, 4.69) is 5.32 Å². The Morgan fingerprint density at radius 2 is 1.90 bits per heavy atom. The van der Waals surface area contributed by atoms with Crippen molar-refractivity contribution in [3.05, 3.63) is 35.9 Å². The molecule has 1 saturated heterocycles. The number of hydrogen-bond donors (Lipinski definition) is 2. The number of benzene rings is 1. The van der Waals surface area contributed by atoms with Gasteiger partial charge in [0.25, 0.3) is 0 Å². The number of aliphatic hydroxyl groups excluding tert-OH is 1. The average Bonchev–Trinajstić information content (AvgIpc) is 2.41. The molecule has 1 fully saturated rings. The molecule has 1 heterocycles. The lowest BCUT2D eigenvalue weighted by molar-refractivity contribution is -0.145. The number of β-amino-alcohol motifs (C(OH)–C–C–N with tert-alkyl or cyclic N) is 1. The molecule has 5 heteroatoms. The van der Waals surface area contributed by atoms with Crippen LogP contribution in [0.5, 0.6) is 0 Å². The maximum Gasteiger partial charge on any atom is 0.249 e. The maximum absolute atomic E-state index is 12.5. The minimum absolute atomic E-state index is 0.131. The Bertz CT molecular complexity index is 496. The molecule has 5 nitrogen and oxygen atoms in total. The third-order valence-corrected chi connectivity index (χ3v) is 3.45. The Hall–Kier alpha value is -1.88. The summed E-state index contributed by atoms with van der Waals surface area (Å²) >= 11 is 0. The molecule has 2 amide bonds. The van der Waals surface area contributed by atoms with Gasteiger partial charge in [-0.15, -0.1) is 0 Å². The SMILES string of the molecule is CC(C)CC(=O)NC(C(=O)N1CC(O)C1)c1ccccc1. The highest BCUT2D eigenvalue weighted by Crippen LogP contribution is 2.20. The van der Waals surface area contributed by atoms with E-state index in [0.29, 0.717) is 19.5 Å². The van der Waals surface area contributed by atoms with Gasteiger partial charge in [0.05, 0.1) is 6.10 Å². The van der Waals surface area contributed by atoms with Gasteiger partial charge in [-0.1, -0.05) is 44.2 Å². The average molecular weight is 290 g/mol. The summed E-state index contributed by atoms with van der Waals surface area (Å²) in [7, 11) is 0. The normalized spacial score (nSPS) is 16.5. The lowest BCUT2D eigenvalue weighted by atomic mass is 10.0. The molecule has 2 rings (SSSR count). The standard InChI is InChI=1S/C16H22N2O3/c1-11(2)8-14(20)17-15(12-6-4-3-5-7-12)16(21)18-9-13(19)10-18/h3-7,11,13,15,19H,8-10H2,1-2H3,(H,17,20). The zero-order chi connectivity index (χ0) is 15.4. The second kappa shape index (κ2) is 6.72. The zero-order valence-corrected chi connectivity index (χ0v) is 12.5. The Labute approximate surface area is 125 Å². The Kier molecular flexibility index (Phi) is 4.96. The number of likely N-dealkylation sites (tertiary alicyclic amines) is 1. The van der Waals surface area contributed by atoms with Gasteiger partial charge in [-0.25, -0.2) is 0 Å². The van der Waals surface area contributed by atoms with Crippen molar-refractivity contribution in [3.63, 3.8) is 0 Å². The molecular formula is C16H22N2O3. The lowest BCUT2D eigenvalue weighted by Gasteiger charge is -2.38. The molecule has 0 bridgehead atoms. The molecule has 0 aliphatic carbocycles. The van der Waals surface area contributed by atoms with Gasteiger partial charge in [-0.05, 0) is 11.5 Å². The van der Waals surface area contributed by atoms with E-state index in [0.717, 1.165) is 5.56 Å². The predicted octanol–water partition coefficient (Wildman–Crippen LogP) is 1.09. The van der Waals surface area contributed by atoms with E-state index in [9.17, 15) is 14.7 Å². The number of carbonyl (C=O) groups is 2. The molecular weight excluding hydrogens is 268 g/mol.